The summed E-state index contributed by atoms with van der Waals surface area (Å²) in [7, 11) is 0. The molecule has 8 N–H and O–H groups in total. The molecule has 12 heteroatoms. The number of hydrogen-bond donors (Lipinski definition) is 8. The zero-order valence-electron chi connectivity index (χ0n) is 19.1. The van der Waals surface area contributed by atoms with Gasteiger partial charge >= 0.3 is 0 Å². The predicted molar refractivity (Wildman–Crippen MR) is 113 cm³/mol. The summed E-state index contributed by atoms with van der Waals surface area (Å²) in [5.41, 5.74) is 0. The van der Waals surface area contributed by atoms with Crippen molar-refractivity contribution < 1.29 is 54.8 Å². The van der Waals surface area contributed by atoms with Crippen molar-refractivity contribution in [2.45, 2.75) is 101 Å². The van der Waals surface area contributed by atoms with Crippen LogP contribution in [0.15, 0.2) is 0 Å². The van der Waals surface area contributed by atoms with Crippen LogP contribution in [0.3, 0.4) is 0 Å². The van der Waals surface area contributed by atoms with E-state index in [9.17, 15) is 40.5 Å². The molecule has 0 aliphatic carbocycles. The zero-order valence-corrected chi connectivity index (χ0v) is 19.1. The second kappa shape index (κ2) is 13.2. The number of rotatable bonds is 11. The molecule has 2 aliphatic rings. The fraction of sp³-hybridized carbons (Fsp3) is 0.952. The van der Waals surface area contributed by atoms with Crippen LogP contribution in [-0.2, 0) is 19.0 Å². The topological polar surface area (TPSA) is 198 Å². The van der Waals surface area contributed by atoms with Gasteiger partial charge < -0.3 is 55.3 Å². The lowest BCUT2D eigenvalue weighted by Gasteiger charge is -2.47. The molecule has 0 saturated carbocycles. The van der Waals surface area contributed by atoms with E-state index in [0.717, 1.165) is 25.7 Å². The average molecular weight is 482 g/mol. The van der Waals surface area contributed by atoms with E-state index in [1.165, 1.54) is 6.92 Å². The van der Waals surface area contributed by atoms with Gasteiger partial charge in [0.25, 0.3) is 0 Å². The Labute approximate surface area is 193 Å². The van der Waals surface area contributed by atoms with Crippen LogP contribution < -0.4 is 5.32 Å². The van der Waals surface area contributed by atoms with Gasteiger partial charge in [0.05, 0.1) is 25.2 Å². The zero-order chi connectivity index (χ0) is 24.7. The Balaban J connectivity index is 2.02. The van der Waals surface area contributed by atoms with Crippen molar-refractivity contribution in [3.05, 3.63) is 0 Å². The van der Waals surface area contributed by atoms with Gasteiger partial charge in [0.2, 0.25) is 5.91 Å². The first-order chi connectivity index (χ1) is 15.7. The molecule has 2 rings (SSSR count). The molecule has 0 spiro atoms. The van der Waals surface area contributed by atoms with Crippen LogP contribution in [0, 0.1) is 5.92 Å². The van der Waals surface area contributed by atoms with E-state index in [-0.39, 0.29) is 5.91 Å². The molecule has 33 heavy (non-hydrogen) atoms. The standard InChI is InChI=1S/C21H39NO11/c1-3-4-5-6-7-22-20(30)10(2)18-15(27)16(28)19(12(9-24)31-18)33-21-17(29)14(26)13(25)11(8-23)32-21/h10-19,21,23-29H,3-9H2,1-2H3,(H,22,30)/t10?,11-,12-,13+,14+,15-,16-,17-,18?,19-,21?/m1/s1. The van der Waals surface area contributed by atoms with Gasteiger partial charge in [-0.2, -0.15) is 0 Å². The molecule has 2 fully saturated rings. The van der Waals surface area contributed by atoms with Gasteiger partial charge in [-0.25, -0.2) is 0 Å². The number of hydrogen-bond acceptors (Lipinski definition) is 11. The van der Waals surface area contributed by atoms with Crippen molar-refractivity contribution in [2.24, 2.45) is 5.92 Å². The van der Waals surface area contributed by atoms with Gasteiger partial charge in [0.1, 0.15) is 48.8 Å². The van der Waals surface area contributed by atoms with Crippen LogP contribution in [0.5, 0.6) is 0 Å². The van der Waals surface area contributed by atoms with Crippen LogP contribution in [-0.4, -0.2) is 123 Å². The van der Waals surface area contributed by atoms with Gasteiger partial charge in [-0.05, 0) is 6.42 Å². The third-order valence-corrected chi connectivity index (χ3v) is 6.28. The molecule has 2 aliphatic heterocycles. The summed E-state index contributed by atoms with van der Waals surface area (Å²) in [6, 6.07) is 0. The second-order valence-corrected chi connectivity index (χ2v) is 8.74. The van der Waals surface area contributed by atoms with Gasteiger partial charge in [-0.1, -0.05) is 33.1 Å². The van der Waals surface area contributed by atoms with E-state index in [2.05, 4.69) is 12.2 Å². The average Bonchev–Trinajstić information content (AvgIpc) is 2.81. The Kier molecular flexibility index (Phi) is 11.4. The fourth-order valence-corrected chi connectivity index (χ4v) is 4.11. The van der Waals surface area contributed by atoms with Crippen molar-refractivity contribution in [1.82, 2.24) is 5.32 Å². The lowest BCUT2D eigenvalue weighted by Crippen LogP contribution is -2.65. The normalized spacial score (nSPS) is 40.4. The molecule has 12 nitrogen and oxygen atoms in total. The van der Waals surface area contributed by atoms with Crippen molar-refractivity contribution >= 4 is 5.91 Å². The van der Waals surface area contributed by atoms with Crippen molar-refractivity contribution in [3.8, 4) is 0 Å². The van der Waals surface area contributed by atoms with E-state index in [1.54, 1.807) is 0 Å². The second-order valence-electron chi connectivity index (χ2n) is 8.74. The smallest absolute Gasteiger partial charge is 0.225 e. The highest BCUT2D eigenvalue weighted by Crippen LogP contribution is 2.31. The van der Waals surface area contributed by atoms with Crippen LogP contribution in [0.1, 0.15) is 39.5 Å². The number of carbonyl (C=O) groups excluding carboxylic acids is 1. The van der Waals surface area contributed by atoms with E-state index >= 15 is 0 Å². The highest BCUT2D eigenvalue weighted by atomic mass is 16.7. The largest absolute Gasteiger partial charge is 0.394 e. The maximum Gasteiger partial charge on any atom is 0.225 e. The van der Waals surface area contributed by atoms with Crippen molar-refractivity contribution in [1.29, 1.82) is 0 Å². The molecule has 0 radical (unpaired) electrons. The van der Waals surface area contributed by atoms with E-state index in [0.29, 0.717) is 6.54 Å². The van der Waals surface area contributed by atoms with E-state index < -0.39 is 80.4 Å². The minimum atomic E-state index is -1.73. The quantitative estimate of drug-likeness (QED) is 0.140. The highest BCUT2D eigenvalue weighted by molar-refractivity contribution is 5.79. The first-order valence-corrected chi connectivity index (χ1v) is 11.5. The van der Waals surface area contributed by atoms with Crippen LogP contribution >= 0.6 is 0 Å². The number of unbranched alkanes of at least 4 members (excludes halogenated alkanes) is 3. The van der Waals surface area contributed by atoms with Gasteiger partial charge in [-0.3, -0.25) is 4.79 Å². The number of nitrogens with one attached hydrogen (secondary N) is 1. The third kappa shape index (κ3) is 6.82. The molecule has 194 valence electrons. The van der Waals surface area contributed by atoms with Crippen LogP contribution in [0.4, 0.5) is 0 Å². The SMILES string of the molecule is CCCCCCNC(=O)C(C)C1O[C@H](CO)[C@@H](OC2O[C@H](CO)[C@H](O)[C@H](O)[C@H]2O)[C@H](O)[C@H]1O. The summed E-state index contributed by atoms with van der Waals surface area (Å²) in [6.45, 7) is 2.78. The third-order valence-electron chi connectivity index (χ3n) is 6.28. The summed E-state index contributed by atoms with van der Waals surface area (Å²) < 4.78 is 16.5. The summed E-state index contributed by atoms with van der Waals surface area (Å²) in [4.78, 5) is 12.5. The lowest BCUT2D eigenvalue weighted by atomic mass is 9.88. The monoisotopic (exact) mass is 481 g/mol. The first kappa shape index (κ1) is 28.3. The minimum Gasteiger partial charge on any atom is -0.394 e. The molecule has 11 atom stereocenters. The van der Waals surface area contributed by atoms with Crippen LogP contribution in [0.25, 0.3) is 0 Å². The summed E-state index contributed by atoms with van der Waals surface area (Å²) in [5.74, 6) is -1.21. The molecule has 0 aromatic rings. The van der Waals surface area contributed by atoms with Gasteiger partial charge in [-0.15, -0.1) is 0 Å². The molecule has 0 aromatic heterocycles. The molecule has 1 amide bonds. The highest BCUT2D eigenvalue weighted by Gasteiger charge is 2.51. The molecular formula is C21H39NO11. The Hall–Kier alpha value is -0.930. The van der Waals surface area contributed by atoms with Gasteiger partial charge in [0, 0.05) is 6.54 Å². The molecule has 2 saturated heterocycles. The van der Waals surface area contributed by atoms with E-state index in [4.69, 9.17) is 14.2 Å². The van der Waals surface area contributed by atoms with Crippen LogP contribution in [0.2, 0.25) is 0 Å². The first-order valence-electron chi connectivity index (χ1n) is 11.5. The minimum absolute atomic E-state index is 0.368. The summed E-state index contributed by atoms with van der Waals surface area (Å²) in [6.07, 6.45) is -10.8. The Morgan fingerprint density at radius 3 is 2.15 bits per heavy atom. The number of carbonyl (C=O) groups is 1. The molecule has 2 heterocycles. The maximum absolute atomic E-state index is 12.5. The molecule has 3 unspecified atom stereocenters. The number of aliphatic hydroxyl groups excluding tert-OH is 7. The summed E-state index contributed by atoms with van der Waals surface area (Å²) in [5, 5.41) is 73.1. The predicted octanol–water partition coefficient (Wildman–Crippen LogP) is -3.01. The van der Waals surface area contributed by atoms with Crippen molar-refractivity contribution in [3.63, 3.8) is 0 Å². The van der Waals surface area contributed by atoms with Gasteiger partial charge in [0.15, 0.2) is 6.29 Å². The molecule has 0 aromatic carbocycles. The molecular weight excluding hydrogens is 442 g/mol. The van der Waals surface area contributed by atoms with Crippen molar-refractivity contribution in [2.75, 3.05) is 19.8 Å². The Morgan fingerprint density at radius 2 is 1.55 bits per heavy atom. The number of amides is 1. The molecule has 0 bridgehead atoms. The van der Waals surface area contributed by atoms with E-state index in [1.807, 2.05) is 0 Å². The number of ether oxygens (including phenoxy) is 3. The Morgan fingerprint density at radius 1 is 0.879 bits per heavy atom. The summed E-state index contributed by atoms with van der Waals surface area (Å²) >= 11 is 0. The lowest BCUT2D eigenvalue weighted by molar-refractivity contribution is -0.343. The number of aliphatic hydroxyl groups is 7. The maximum atomic E-state index is 12.5. The Bertz CT molecular complexity index is 593. The fourth-order valence-electron chi connectivity index (χ4n) is 4.11.